The third-order valence-corrected chi connectivity index (χ3v) is 5.84. The van der Waals surface area contributed by atoms with Gasteiger partial charge in [0, 0.05) is 45.1 Å². The van der Waals surface area contributed by atoms with E-state index in [4.69, 9.17) is 14.5 Å². The molecule has 2 N–H and O–H groups in total. The maximum atomic E-state index is 5.53. The number of hydrogen-bond donors (Lipinski definition) is 2. The van der Waals surface area contributed by atoms with E-state index in [-0.39, 0.29) is 29.5 Å². The topological polar surface area (TPSA) is 58.1 Å². The van der Waals surface area contributed by atoms with Crippen LogP contribution in [0.4, 0.5) is 0 Å². The number of guanidine groups is 1. The number of nitrogens with zero attached hydrogens (tertiary/aromatic N) is 2. The van der Waals surface area contributed by atoms with Gasteiger partial charge in [0.05, 0.1) is 25.3 Å². The third-order valence-electron chi connectivity index (χ3n) is 4.60. The monoisotopic (exact) mass is 486 g/mol. The quantitative estimate of drug-likeness (QED) is 0.224. The Kier molecular flexibility index (Phi) is 12.5. The van der Waals surface area contributed by atoms with Gasteiger partial charge in [-0.3, -0.25) is 9.89 Å². The van der Waals surface area contributed by atoms with Crippen molar-refractivity contribution in [2.75, 3.05) is 70.7 Å². The summed E-state index contributed by atoms with van der Waals surface area (Å²) in [6, 6.07) is 0. The van der Waals surface area contributed by atoms with Crippen molar-refractivity contribution in [1.82, 2.24) is 15.5 Å². The second kappa shape index (κ2) is 13.4. The van der Waals surface area contributed by atoms with Gasteiger partial charge in [0.2, 0.25) is 0 Å². The summed E-state index contributed by atoms with van der Waals surface area (Å²) in [5.74, 6) is 3.35. The molecular formula is C17H35IN4O2S. The average Bonchev–Trinajstić information content (AvgIpc) is 3.10. The summed E-state index contributed by atoms with van der Waals surface area (Å²) in [4.78, 5) is 7.53. The van der Waals surface area contributed by atoms with Crippen LogP contribution in [0.15, 0.2) is 4.99 Å². The predicted octanol–water partition coefficient (Wildman–Crippen LogP) is 1.79. The zero-order valence-electron chi connectivity index (χ0n) is 15.7. The van der Waals surface area contributed by atoms with Gasteiger partial charge < -0.3 is 20.1 Å². The van der Waals surface area contributed by atoms with Gasteiger partial charge in [0.1, 0.15) is 0 Å². The fraction of sp³-hybridized carbons (Fsp3) is 0.941. The van der Waals surface area contributed by atoms with Crippen LogP contribution in [0, 0.1) is 0 Å². The average molecular weight is 486 g/mol. The van der Waals surface area contributed by atoms with Crippen LogP contribution in [-0.4, -0.2) is 87.1 Å². The lowest BCUT2D eigenvalue weighted by molar-refractivity contribution is -0.0104. The molecule has 0 aromatic heterocycles. The van der Waals surface area contributed by atoms with Crippen molar-refractivity contribution in [3.05, 3.63) is 0 Å². The van der Waals surface area contributed by atoms with Crippen molar-refractivity contribution in [2.24, 2.45) is 4.99 Å². The lowest BCUT2D eigenvalue weighted by Crippen LogP contribution is -2.56. The van der Waals surface area contributed by atoms with E-state index in [1.54, 1.807) is 0 Å². The molecule has 8 heteroatoms. The molecule has 0 amide bonds. The predicted molar refractivity (Wildman–Crippen MR) is 118 cm³/mol. The van der Waals surface area contributed by atoms with E-state index < -0.39 is 0 Å². The molecule has 2 heterocycles. The summed E-state index contributed by atoms with van der Waals surface area (Å²) in [6.45, 7) is 12.2. The Labute approximate surface area is 174 Å². The molecule has 1 atom stereocenters. The van der Waals surface area contributed by atoms with Gasteiger partial charge in [-0.25, -0.2) is 0 Å². The van der Waals surface area contributed by atoms with E-state index in [0.29, 0.717) is 0 Å². The molecule has 1 unspecified atom stereocenters. The Morgan fingerprint density at radius 2 is 2.08 bits per heavy atom. The molecule has 148 valence electrons. The van der Waals surface area contributed by atoms with Crippen molar-refractivity contribution in [3.8, 4) is 0 Å². The Morgan fingerprint density at radius 3 is 2.72 bits per heavy atom. The third kappa shape index (κ3) is 7.78. The number of halogens is 1. The van der Waals surface area contributed by atoms with Crippen molar-refractivity contribution < 1.29 is 9.47 Å². The summed E-state index contributed by atoms with van der Waals surface area (Å²) in [7, 11) is 0. The van der Waals surface area contributed by atoms with Crippen molar-refractivity contribution >= 4 is 41.7 Å². The van der Waals surface area contributed by atoms with Gasteiger partial charge in [-0.15, -0.1) is 24.0 Å². The van der Waals surface area contributed by atoms with E-state index in [1.807, 2.05) is 6.92 Å². The van der Waals surface area contributed by atoms with Gasteiger partial charge in [0.25, 0.3) is 0 Å². The van der Waals surface area contributed by atoms with Crippen molar-refractivity contribution in [3.63, 3.8) is 0 Å². The van der Waals surface area contributed by atoms with Crippen LogP contribution >= 0.6 is 35.7 Å². The van der Waals surface area contributed by atoms with E-state index in [9.17, 15) is 0 Å². The fourth-order valence-electron chi connectivity index (χ4n) is 3.20. The van der Waals surface area contributed by atoms with Crippen LogP contribution in [0.1, 0.15) is 26.7 Å². The van der Waals surface area contributed by atoms with Gasteiger partial charge in [-0.05, 0) is 32.4 Å². The first-order valence-electron chi connectivity index (χ1n) is 9.31. The number of aliphatic imine (C=N–C) groups is 1. The van der Waals surface area contributed by atoms with Gasteiger partial charge in [-0.2, -0.15) is 11.8 Å². The molecule has 0 aromatic carbocycles. The number of morpholine rings is 1. The molecule has 0 spiro atoms. The summed E-state index contributed by atoms with van der Waals surface area (Å²) in [5, 5.41) is 6.80. The summed E-state index contributed by atoms with van der Waals surface area (Å²) >= 11 is 2.06. The zero-order valence-corrected chi connectivity index (χ0v) is 18.9. The maximum Gasteiger partial charge on any atom is 0.191 e. The van der Waals surface area contributed by atoms with Crippen LogP contribution in [0.3, 0.4) is 0 Å². The second-order valence-corrected chi connectivity index (χ2v) is 7.40. The maximum absolute atomic E-state index is 5.53. The number of hydrogen-bond acceptors (Lipinski definition) is 5. The van der Waals surface area contributed by atoms with Crippen molar-refractivity contribution in [2.45, 2.75) is 32.2 Å². The second-order valence-electron chi connectivity index (χ2n) is 6.30. The van der Waals surface area contributed by atoms with Crippen LogP contribution in [-0.2, 0) is 9.47 Å². The molecule has 6 nitrogen and oxygen atoms in total. The molecule has 0 saturated carbocycles. The first-order valence-corrected chi connectivity index (χ1v) is 10.5. The van der Waals surface area contributed by atoms with Gasteiger partial charge >= 0.3 is 0 Å². The van der Waals surface area contributed by atoms with Crippen LogP contribution in [0.25, 0.3) is 0 Å². The molecule has 2 aliphatic heterocycles. The van der Waals surface area contributed by atoms with Crippen LogP contribution < -0.4 is 10.6 Å². The molecule has 0 radical (unpaired) electrons. The molecule has 25 heavy (non-hydrogen) atoms. The van der Waals surface area contributed by atoms with E-state index >= 15 is 0 Å². The smallest absolute Gasteiger partial charge is 0.191 e. The van der Waals surface area contributed by atoms with E-state index in [0.717, 1.165) is 71.5 Å². The molecular weight excluding hydrogens is 451 g/mol. The summed E-state index contributed by atoms with van der Waals surface area (Å²) in [6.07, 6.45) is 2.23. The highest BCUT2D eigenvalue weighted by atomic mass is 127. The highest BCUT2D eigenvalue weighted by Gasteiger charge is 2.40. The minimum absolute atomic E-state index is 0. The van der Waals surface area contributed by atoms with E-state index in [1.165, 1.54) is 17.9 Å². The summed E-state index contributed by atoms with van der Waals surface area (Å²) < 4.78 is 10.9. The number of thioether (sulfide) groups is 1. The fourth-order valence-corrected chi connectivity index (χ4v) is 4.67. The van der Waals surface area contributed by atoms with Crippen LogP contribution in [0.2, 0.25) is 0 Å². The normalized spacial score (nSPS) is 24.8. The van der Waals surface area contributed by atoms with Gasteiger partial charge in [-0.1, -0.05) is 0 Å². The minimum atomic E-state index is 0. The molecule has 0 aromatic rings. The largest absolute Gasteiger partial charge is 0.382 e. The van der Waals surface area contributed by atoms with Crippen molar-refractivity contribution in [1.29, 1.82) is 0 Å². The Balaban J connectivity index is 0.00000312. The zero-order chi connectivity index (χ0) is 17.1. The number of ether oxygens (including phenoxy) is 2. The molecule has 0 aliphatic carbocycles. The highest BCUT2D eigenvalue weighted by Crippen LogP contribution is 2.34. The lowest BCUT2D eigenvalue weighted by Gasteiger charge is -2.42. The first-order chi connectivity index (χ1) is 11.8. The first kappa shape index (κ1) is 23.3. The number of rotatable bonds is 9. The number of nitrogens with one attached hydrogen (secondary N) is 2. The SMILES string of the molecule is CCNC(=NCC1(N2CCOCC2)CCSC1)NCCCOCC.I. The highest BCUT2D eigenvalue weighted by molar-refractivity contribution is 14.0. The lowest BCUT2D eigenvalue weighted by atomic mass is 9.96. The Hall–Kier alpha value is 0.230. The summed E-state index contributed by atoms with van der Waals surface area (Å²) in [5.41, 5.74) is 0.210. The molecule has 0 bridgehead atoms. The van der Waals surface area contributed by atoms with Crippen LogP contribution in [0.5, 0.6) is 0 Å². The Morgan fingerprint density at radius 1 is 1.28 bits per heavy atom. The Bertz CT molecular complexity index is 376. The molecule has 2 aliphatic rings. The molecule has 2 rings (SSSR count). The molecule has 2 saturated heterocycles. The van der Waals surface area contributed by atoms with Gasteiger partial charge in [0.15, 0.2) is 5.96 Å². The molecule has 2 fully saturated rings. The van der Waals surface area contributed by atoms with E-state index in [2.05, 4.69) is 34.2 Å². The standard InChI is InChI=1S/C17H34N4O2S.HI/c1-3-18-16(19-7-5-10-22-4-2)20-14-17(6-13-24-15-17)21-8-11-23-12-9-21;/h3-15H2,1-2H3,(H2,18,19,20);1H. The minimum Gasteiger partial charge on any atom is -0.382 e.